The van der Waals surface area contributed by atoms with Gasteiger partial charge in [-0.1, -0.05) is 0 Å². The van der Waals surface area contributed by atoms with E-state index in [1.807, 2.05) is 0 Å². The van der Waals surface area contributed by atoms with E-state index in [0.29, 0.717) is 10.7 Å². The van der Waals surface area contributed by atoms with Crippen LogP contribution in [0, 0.1) is 12.7 Å². The number of aryl methyl sites for hydroxylation is 1. The van der Waals surface area contributed by atoms with Crippen LogP contribution in [0.3, 0.4) is 0 Å². The summed E-state index contributed by atoms with van der Waals surface area (Å²) >= 11 is 1.27. The van der Waals surface area contributed by atoms with Crippen molar-refractivity contribution in [3.63, 3.8) is 0 Å². The van der Waals surface area contributed by atoms with Crippen LogP contribution < -0.4 is 4.72 Å². The molecule has 3 aromatic rings. The first-order valence-electron chi connectivity index (χ1n) is 6.20. The summed E-state index contributed by atoms with van der Waals surface area (Å²) in [6, 6.07) is 5.38. The van der Waals surface area contributed by atoms with E-state index in [-0.39, 0.29) is 10.7 Å². The molecule has 0 radical (unpaired) electrons. The van der Waals surface area contributed by atoms with Crippen LogP contribution in [0.5, 0.6) is 0 Å². The molecule has 0 saturated heterocycles. The second-order valence-electron chi connectivity index (χ2n) is 4.47. The first kappa shape index (κ1) is 14.7. The molecule has 0 aliphatic heterocycles. The minimum absolute atomic E-state index is 0.0376. The van der Waals surface area contributed by atoms with Gasteiger partial charge in [0.25, 0.3) is 10.0 Å². The predicted octanol–water partition coefficient (Wildman–Crippen LogP) is 2.58. The number of aromatic nitrogens is 3. The molecule has 2 heterocycles. The van der Waals surface area contributed by atoms with Crippen molar-refractivity contribution in [2.45, 2.75) is 11.9 Å². The lowest BCUT2D eigenvalue weighted by molar-refractivity contribution is 0.590. The van der Waals surface area contributed by atoms with Crippen LogP contribution in [-0.2, 0) is 10.0 Å². The van der Waals surface area contributed by atoms with Crippen molar-refractivity contribution in [3.05, 3.63) is 53.4 Å². The fraction of sp³-hybridized carbons (Fsp3) is 0.0769. The van der Waals surface area contributed by atoms with E-state index in [0.717, 1.165) is 0 Å². The van der Waals surface area contributed by atoms with E-state index < -0.39 is 15.8 Å². The van der Waals surface area contributed by atoms with Crippen LogP contribution in [-0.4, -0.2) is 23.2 Å². The van der Waals surface area contributed by atoms with Crippen molar-refractivity contribution in [2.75, 3.05) is 4.72 Å². The number of thiazole rings is 1. The van der Waals surface area contributed by atoms with Crippen LogP contribution in [0.25, 0.3) is 5.13 Å². The summed E-state index contributed by atoms with van der Waals surface area (Å²) in [5, 5.41) is 6.12. The molecule has 0 unspecified atom stereocenters. The Morgan fingerprint density at radius 1 is 1.27 bits per heavy atom. The predicted molar refractivity (Wildman–Crippen MR) is 81.2 cm³/mol. The van der Waals surface area contributed by atoms with Gasteiger partial charge in [0.1, 0.15) is 5.82 Å². The molecule has 0 aliphatic carbocycles. The molecule has 3 rings (SSSR count). The van der Waals surface area contributed by atoms with Gasteiger partial charge in [0, 0.05) is 17.3 Å². The Morgan fingerprint density at radius 2 is 2.09 bits per heavy atom. The van der Waals surface area contributed by atoms with E-state index in [9.17, 15) is 12.8 Å². The van der Waals surface area contributed by atoms with Gasteiger partial charge in [-0.05, 0) is 36.8 Å². The lowest BCUT2D eigenvalue weighted by Gasteiger charge is -2.09. The number of hydrogen-bond donors (Lipinski definition) is 1. The van der Waals surface area contributed by atoms with Gasteiger partial charge in [0.15, 0.2) is 5.03 Å². The number of rotatable bonds is 4. The van der Waals surface area contributed by atoms with Gasteiger partial charge in [0.2, 0.25) is 5.13 Å². The molecule has 0 saturated carbocycles. The summed E-state index contributed by atoms with van der Waals surface area (Å²) in [5.74, 6) is -0.393. The first-order chi connectivity index (χ1) is 10.5. The molecular weight excluding hydrogens is 327 g/mol. The molecule has 1 aromatic carbocycles. The Morgan fingerprint density at radius 3 is 2.77 bits per heavy atom. The fourth-order valence-electron chi connectivity index (χ4n) is 1.87. The second kappa shape index (κ2) is 5.50. The topological polar surface area (TPSA) is 76.9 Å². The zero-order valence-corrected chi connectivity index (χ0v) is 13.0. The number of nitrogens with one attached hydrogen (secondary N) is 1. The third-order valence-electron chi connectivity index (χ3n) is 2.89. The monoisotopic (exact) mass is 338 g/mol. The van der Waals surface area contributed by atoms with Crippen molar-refractivity contribution in [2.24, 2.45) is 0 Å². The van der Waals surface area contributed by atoms with Gasteiger partial charge in [-0.25, -0.2) is 9.37 Å². The summed E-state index contributed by atoms with van der Waals surface area (Å²) in [4.78, 5) is 4.04. The average molecular weight is 338 g/mol. The van der Waals surface area contributed by atoms with Gasteiger partial charge in [-0.2, -0.15) is 18.2 Å². The molecule has 114 valence electrons. The highest BCUT2D eigenvalue weighted by Gasteiger charge is 2.21. The molecule has 6 nitrogen and oxygen atoms in total. The SMILES string of the molecule is Cc1cc(NS(=O)(=O)c2ccnn2-c2nccs2)ccc1F. The number of anilines is 1. The lowest BCUT2D eigenvalue weighted by Crippen LogP contribution is -2.17. The van der Waals surface area contributed by atoms with Crippen LogP contribution >= 0.6 is 11.3 Å². The molecule has 9 heteroatoms. The first-order valence-corrected chi connectivity index (χ1v) is 8.56. The molecule has 22 heavy (non-hydrogen) atoms. The number of sulfonamides is 1. The van der Waals surface area contributed by atoms with Gasteiger partial charge in [-0.15, -0.1) is 11.3 Å². The number of nitrogens with zero attached hydrogens (tertiary/aromatic N) is 3. The summed E-state index contributed by atoms with van der Waals surface area (Å²) in [6.45, 7) is 1.56. The zero-order valence-electron chi connectivity index (χ0n) is 11.4. The summed E-state index contributed by atoms with van der Waals surface area (Å²) < 4.78 is 41.9. The summed E-state index contributed by atoms with van der Waals surface area (Å²) in [5.41, 5.74) is 0.638. The summed E-state index contributed by atoms with van der Waals surface area (Å²) in [7, 11) is -3.86. The fourth-order valence-corrected chi connectivity index (χ4v) is 3.69. The van der Waals surface area contributed by atoms with Gasteiger partial charge < -0.3 is 0 Å². The number of hydrogen-bond acceptors (Lipinski definition) is 5. The highest BCUT2D eigenvalue weighted by atomic mass is 32.2. The third kappa shape index (κ3) is 2.72. The van der Waals surface area contributed by atoms with Crippen molar-refractivity contribution >= 4 is 27.0 Å². The molecule has 2 aromatic heterocycles. The quantitative estimate of drug-likeness (QED) is 0.793. The normalized spacial score (nSPS) is 11.5. The Labute approximate surface area is 130 Å². The summed E-state index contributed by atoms with van der Waals surface area (Å²) in [6.07, 6.45) is 2.95. The van der Waals surface area contributed by atoms with Gasteiger partial charge in [0.05, 0.1) is 6.20 Å². The Kier molecular flexibility index (Phi) is 3.67. The molecule has 0 fully saturated rings. The van der Waals surface area contributed by atoms with E-state index in [4.69, 9.17) is 0 Å². The smallest absolute Gasteiger partial charge is 0.278 e. The van der Waals surface area contributed by atoms with Crippen LogP contribution in [0.4, 0.5) is 10.1 Å². The van der Waals surface area contributed by atoms with Gasteiger partial charge in [-0.3, -0.25) is 4.72 Å². The van der Waals surface area contributed by atoms with Crippen molar-refractivity contribution in [3.8, 4) is 5.13 Å². The van der Waals surface area contributed by atoms with Crippen molar-refractivity contribution in [1.82, 2.24) is 14.8 Å². The average Bonchev–Trinajstić information content (AvgIpc) is 3.12. The maximum atomic E-state index is 13.3. The number of benzene rings is 1. The molecule has 0 atom stereocenters. The minimum atomic E-state index is -3.86. The lowest BCUT2D eigenvalue weighted by atomic mass is 10.2. The Bertz CT molecular complexity index is 904. The van der Waals surface area contributed by atoms with Gasteiger partial charge >= 0.3 is 0 Å². The highest BCUT2D eigenvalue weighted by Crippen LogP contribution is 2.21. The maximum Gasteiger partial charge on any atom is 0.279 e. The molecule has 0 amide bonds. The molecule has 0 aliphatic rings. The third-order valence-corrected chi connectivity index (χ3v) is 5.01. The standard InChI is InChI=1S/C13H11FN4O2S2/c1-9-8-10(2-3-11(9)14)17-22(19,20)12-4-5-16-18(12)13-15-6-7-21-13/h2-8,17H,1H3. The van der Waals surface area contributed by atoms with Crippen molar-refractivity contribution < 1.29 is 12.8 Å². The van der Waals surface area contributed by atoms with Crippen LogP contribution in [0.15, 0.2) is 47.1 Å². The maximum absolute atomic E-state index is 13.3. The Hall–Kier alpha value is -2.26. The molecule has 1 N–H and O–H groups in total. The largest absolute Gasteiger partial charge is 0.279 e. The second-order valence-corrected chi connectivity index (χ2v) is 6.97. The van der Waals surface area contributed by atoms with Crippen LogP contribution in [0.2, 0.25) is 0 Å². The van der Waals surface area contributed by atoms with E-state index in [1.165, 1.54) is 46.5 Å². The number of halogens is 1. The molecular formula is C13H11FN4O2S2. The van der Waals surface area contributed by atoms with Crippen molar-refractivity contribution in [1.29, 1.82) is 0 Å². The zero-order chi connectivity index (χ0) is 15.7. The van der Waals surface area contributed by atoms with E-state index >= 15 is 0 Å². The molecule has 0 bridgehead atoms. The van der Waals surface area contributed by atoms with E-state index in [1.54, 1.807) is 18.5 Å². The minimum Gasteiger partial charge on any atom is -0.278 e. The molecule has 0 spiro atoms. The Balaban J connectivity index is 1.97. The van der Waals surface area contributed by atoms with E-state index in [2.05, 4.69) is 14.8 Å². The highest BCUT2D eigenvalue weighted by molar-refractivity contribution is 7.92. The van der Waals surface area contributed by atoms with Crippen LogP contribution in [0.1, 0.15) is 5.56 Å².